The number of hydrogen-bond donors (Lipinski definition) is 2. The van der Waals surface area contributed by atoms with Crippen LogP contribution < -0.4 is 10.6 Å². The number of thioether (sulfide) groups is 1. The van der Waals surface area contributed by atoms with Crippen LogP contribution in [-0.4, -0.2) is 35.3 Å². The SMILES string of the molecule is CNC(=O)[C@@H]1C[C@H]1C(=O)NCC#Cc1cc2c(Br)cccn2c1SC(F)(F)F. The van der Waals surface area contributed by atoms with Crippen molar-refractivity contribution in [2.75, 3.05) is 13.6 Å². The quantitative estimate of drug-likeness (QED) is 0.529. The Morgan fingerprint density at radius 1 is 1.36 bits per heavy atom. The van der Waals surface area contributed by atoms with Gasteiger partial charge in [0.2, 0.25) is 11.8 Å². The summed E-state index contributed by atoms with van der Waals surface area (Å²) in [6.45, 7) is -0.0146. The third-order valence-electron chi connectivity index (χ3n) is 4.21. The molecule has 0 aromatic carbocycles. The van der Waals surface area contributed by atoms with E-state index < -0.39 is 5.51 Å². The lowest BCUT2D eigenvalue weighted by Gasteiger charge is -2.07. The van der Waals surface area contributed by atoms with E-state index in [0.717, 1.165) is 0 Å². The highest BCUT2D eigenvalue weighted by molar-refractivity contribution is 9.10. The number of nitrogens with one attached hydrogen (secondary N) is 2. The van der Waals surface area contributed by atoms with Crippen LogP contribution >= 0.6 is 27.7 Å². The summed E-state index contributed by atoms with van der Waals surface area (Å²) in [5.74, 6) is 4.25. The first kappa shape index (κ1) is 20.6. The number of hydrogen-bond acceptors (Lipinski definition) is 3. The molecule has 1 aliphatic rings. The van der Waals surface area contributed by atoms with Crippen molar-refractivity contribution in [1.29, 1.82) is 0 Å². The second-order valence-corrected chi connectivity index (χ2v) is 8.01. The first-order chi connectivity index (χ1) is 13.2. The zero-order chi connectivity index (χ0) is 20.5. The summed E-state index contributed by atoms with van der Waals surface area (Å²) < 4.78 is 40.9. The van der Waals surface area contributed by atoms with Gasteiger partial charge in [-0.1, -0.05) is 11.8 Å². The Morgan fingerprint density at radius 3 is 2.75 bits per heavy atom. The van der Waals surface area contributed by atoms with Gasteiger partial charge in [-0.05, 0) is 40.5 Å². The maximum atomic E-state index is 12.9. The van der Waals surface area contributed by atoms with E-state index >= 15 is 0 Å². The minimum absolute atomic E-state index is 0.0146. The maximum absolute atomic E-state index is 12.9. The molecule has 1 saturated carbocycles. The topological polar surface area (TPSA) is 62.6 Å². The molecule has 3 rings (SSSR count). The van der Waals surface area contributed by atoms with E-state index in [1.54, 1.807) is 18.2 Å². The van der Waals surface area contributed by atoms with Gasteiger partial charge in [-0.2, -0.15) is 13.2 Å². The molecule has 2 atom stereocenters. The fourth-order valence-corrected chi connectivity index (χ4v) is 3.96. The Balaban J connectivity index is 1.73. The van der Waals surface area contributed by atoms with Crippen molar-refractivity contribution < 1.29 is 22.8 Å². The van der Waals surface area contributed by atoms with Crippen molar-refractivity contribution in [3.63, 3.8) is 0 Å². The Hall–Kier alpha value is -2.12. The van der Waals surface area contributed by atoms with Crippen LogP contribution in [0.3, 0.4) is 0 Å². The molecule has 2 N–H and O–H groups in total. The molecule has 0 spiro atoms. The number of nitrogens with zero attached hydrogens (tertiary/aromatic N) is 1. The molecule has 0 unspecified atom stereocenters. The predicted octanol–water partition coefficient (Wildman–Crippen LogP) is 3.16. The van der Waals surface area contributed by atoms with Crippen molar-refractivity contribution in [2.24, 2.45) is 11.8 Å². The van der Waals surface area contributed by atoms with Crippen molar-refractivity contribution in [3.8, 4) is 11.8 Å². The lowest BCUT2D eigenvalue weighted by Crippen LogP contribution is -2.28. The van der Waals surface area contributed by atoms with E-state index in [9.17, 15) is 22.8 Å². The summed E-state index contributed by atoms with van der Waals surface area (Å²) in [4.78, 5) is 23.4. The molecule has 1 aliphatic carbocycles. The van der Waals surface area contributed by atoms with Gasteiger partial charge in [0, 0.05) is 29.5 Å². The Labute approximate surface area is 171 Å². The molecule has 0 aliphatic heterocycles. The molecule has 28 heavy (non-hydrogen) atoms. The lowest BCUT2D eigenvalue weighted by atomic mass is 10.3. The predicted molar refractivity (Wildman–Crippen MR) is 103 cm³/mol. The summed E-state index contributed by atoms with van der Waals surface area (Å²) in [6, 6.07) is 4.93. The number of aromatic nitrogens is 1. The standard InChI is InChI=1S/C18H15BrF3N3O2S/c1-23-15(26)11-9-12(11)16(27)24-6-2-4-10-8-14-13(19)5-3-7-25(14)17(10)28-18(20,21)22/h3,5,7-8,11-12H,6,9H2,1H3,(H,23,26)(H,24,27)/t11-,12-/m1/s1. The van der Waals surface area contributed by atoms with Crippen molar-refractivity contribution >= 4 is 45.0 Å². The molecule has 2 amide bonds. The summed E-state index contributed by atoms with van der Waals surface area (Å²) in [6.07, 6.45) is 2.03. The minimum Gasteiger partial charge on any atom is -0.359 e. The number of amides is 2. The molecular weight excluding hydrogens is 459 g/mol. The summed E-state index contributed by atoms with van der Waals surface area (Å²) in [5, 5.41) is 5.06. The second-order valence-electron chi connectivity index (χ2n) is 6.10. The van der Waals surface area contributed by atoms with Gasteiger partial charge in [-0.3, -0.25) is 9.59 Å². The van der Waals surface area contributed by atoms with Crippen LogP contribution in [0, 0.1) is 23.7 Å². The summed E-state index contributed by atoms with van der Waals surface area (Å²) >= 11 is 3.09. The minimum atomic E-state index is -4.46. The fraction of sp³-hybridized carbons (Fsp3) is 0.333. The third-order valence-corrected chi connectivity index (χ3v) is 5.72. The normalized spacial score (nSPS) is 18.3. The first-order valence-electron chi connectivity index (χ1n) is 8.24. The van der Waals surface area contributed by atoms with E-state index in [-0.39, 0.29) is 52.5 Å². The zero-order valence-corrected chi connectivity index (χ0v) is 17.0. The number of rotatable bonds is 4. The average Bonchev–Trinajstić information content (AvgIpc) is 3.36. The van der Waals surface area contributed by atoms with Crippen LogP contribution in [0.4, 0.5) is 13.2 Å². The molecule has 5 nitrogen and oxygen atoms in total. The van der Waals surface area contributed by atoms with Gasteiger partial charge in [0.25, 0.3) is 0 Å². The molecule has 1 fully saturated rings. The number of pyridine rings is 1. The van der Waals surface area contributed by atoms with Crippen molar-refractivity contribution in [3.05, 3.63) is 34.4 Å². The molecule has 148 valence electrons. The molecular formula is C18H15BrF3N3O2S. The molecule has 0 radical (unpaired) electrons. The fourth-order valence-electron chi connectivity index (χ4n) is 2.80. The second kappa shape index (κ2) is 8.09. The third kappa shape index (κ3) is 4.64. The summed E-state index contributed by atoms with van der Waals surface area (Å²) in [5.41, 5.74) is -3.67. The van der Waals surface area contributed by atoms with E-state index in [0.29, 0.717) is 16.4 Å². The highest BCUT2D eigenvalue weighted by Crippen LogP contribution is 2.40. The Bertz CT molecular complexity index is 994. The number of fused-ring (bicyclic) bond motifs is 1. The van der Waals surface area contributed by atoms with E-state index in [2.05, 4.69) is 38.4 Å². The molecule has 2 aromatic heterocycles. The molecule has 2 heterocycles. The number of carbonyl (C=O) groups is 2. The largest absolute Gasteiger partial charge is 0.447 e. The summed E-state index contributed by atoms with van der Waals surface area (Å²) in [7, 11) is 1.51. The van der Waals surface area contributed by atoms with E-state index in [4.69, 9.17) is 0 Å². The molecule has 10 heteroatoms. The Morgan fingerprint density at radius 2 is 2.07 bits per heavy atom. The molecule has 0 saturated heterocycles. The highest BCUT2D eigenvalue weighted by Gasteiger charge is 2.47. The van der Waals surface area contributed by atoms with Crippen LogP contribution in [0.5, 0.6) is 0 Å². The maximum Gasteiger partial charge on any atom is 0.447 e. The number of carbonyl (C=O) groups excluding carboxylic acids is 2. The van der Waals surface area contributed by atoms with Crippen LogP contribution in [0.25, 0.3) is 5.52 Å². The van der Waals surface area contributed by atoms with Crippen LogP contribution in [0.15, 0.2) is 33.9 Å². The van der Waals surface area contributed by atoms with Crippen molar-refractivity contribution in [1.82, 2.24) is 15.0 Å². The molecule has 0 bridgehead atoms. The van der Waals surface area contributed by atoms with Gasteiger partial charge in [0.05, 0.1) is 29.5 Å². The van der Waals surface area contributed by atoms with E-state index in [1.807, 2.05) is 0 Å². The van der Waals surface area contributed by atoms with Gasteiger partial charge in [0.15, 0.2) is 0 Å². The first-order valence-corrected chi connectivity index (χ1v) is 9.85. The van der Waals surface area contributed by atoms with E-state index in [1.165, 1.54) is 17.6 Å². The van der Waals surface area contributed by atoms with Gasteiger partial charge in [-0.15, -0.1) is 0 Å². The average molecular weight is 474 g/mol. The van der Waals surface area contributed by atoms with Gasteiger partial charge in [-0.25, -0.2) is 0 Å². The highest BCUT2D eigenvalue weighted by atomic mass is 79.9. The van der Waals surface area contributed by atoms with Crippen LogP contribution in [0.1, 0.15) is 12.0 Å². The Kier molecular flexibility index (Phi) is 5.95. The smallest absolute Gasteiger partial charge is 0.359 e. The van der Waals surface area contributed by atoms with Gasteiger partial charge >= 0.3 is 5.51 Å². The number of alkyl halides is 3. The van der Waals surface area contributed by atoms with Gasteiger partial charge in [0.1, 0.15) is 5.03 Å². The monoisotopic (exact) mass is 473 g/mol. The zero-order valence-electron chi connectivity index (χ0n) is 14.6. The van der Waals surface area contributed by atoms with Crippen LogP contribution in [0.2, 0.25) is 0 Å². The molecule has 2 aromatic rings. The van der Waals surface area contributed by atoms with Crippen LogP contribution in [-0.2, 0) is 9.59 Å². The van der Waals surface area contributed by atoms with Gasteiger partial charge < -0.3 is 15.0 Å². The lowest BCUT2D eigenvalue weighted by molar-refractivity contribution is -0.126. The number of halogens is 4. The van der Waals surface area contributed by atoms with Crippen molar-refractivity contribution in [2.45, 2.75) is 17.0 Å².